The van der Waals surface area contributed by atoms with Crippen molar-refractivity contribution in [1.29, 1.82) is 0 Å². The van der Waals surface area contributed by atoms with Gasteiger partial charge in [-0.2, -0.15) is 0 Å². The van der Waals surface area contributed by atoms with E-state index in [9.17, 15) is 24.0 Å². The lowest BCUT2D eigenvalue weighted by Gasteiger charge is -2.34. The van der Waals surface area contributed by atoms with Gasteiger partial charge in [0.05, 0.1) is 23.1 Å². The Morgan fingerprint density at radius 3 is 2.19 bits per heavy atom. The molecule has 1 aromatic rings. The van der Waals surface area contributed by atoms with E-state index in [2.05, 4.69) is 0 Å². The topological polar surface area (TPSA) is 116 Å². The van der Waals surface area contributed by atoms with Crippen LogP contribution in [0.15, 0.2) is 36.4 Å². The van der Waals surface area contributed by atoms with Gasteiger partial charge in [0.15, 0.2) is 11.4 Å². The molecule has 0 radical (unpaired) electrons. The van der Waals surface area contributed by atoms with Crippen LogP contribution in [-0.2, 0) is 33.4 Å². The minimum atomic E-state index is -1.64. The quantitative estimate of drug-likeness (QED) is 0.228. The van der Waals surface area contributed by atoms with Crippen LogP contribution in [0.1, 0.15) is 38.1 Å². The van der Waals surface area contributed by atoms with E-state index in [1.807, 2.05) is 0 Å². The van der Waals surface area contributed by atoms with Crippen molar-refractivity contribution in [2.24, 2.45) is 11.8 Å². The number of amides is 2. The number of hydrogen-bond donors (Lipinski definition) is 0. The highest BCUT2D eigenvalue weighted by atomic mass is 16.7. The number of anilines is 1. The highest BCUT2D eigenvalue weighted by molar-refractivity contribution is 6.23. The summed E-state index contributed by atoms with van der Waals surface area (Å²) in [6.07, 6.45) is 1.59. The average Bonchev–Trinajstić information content (AvgIpc) is 3.26. The van der Waals surface area contributed by atoms with Gasteiger partial charge in [0.25, 0.3) is 6.29 Å². The summed E-state index contributed by atoms with van der Waals surface area (Å²) in [5.41, 5.74) is -2.20. The molecule has 2 fully saturated rings. The zero-order valence-corrected chi connectivity index (χ0v) is 17.4. The van der Waals surface area contributed by atoms with Crippen molar-refractivity contribution in [2.45, 2.75) is 45.2 Å². The van der Waals surface area contributed by atoms with Crippen molar-refractivity contribution in [1.82, 2.24) is 0 Å². The van der Waals surface area contributed by atoms with E-state index in [4.69, 9.17) is 14.2 Å². The van der Waals surface area contributed by atoms with Crippen LogP contribution in [-0.4, -0.2) is 47.0 Å². The Balaban J connectivity index is 1.79. The van der Waals surface area contributed by atoms with E-state index >= 15 is 0 Å². The van der Waals surface area contributed by atoms with E-state index in [0.29, 0.717) is 5.56 Å². The zero-order chi connectivity index (χ0) is 22.7. The third kappa shape index (κ3) is 2.99. The van der Waals surface area contributed by atoms with Crippen molar-refractivity contribution in [3.8, 4) is 0 Å². The van der Waals surface area contributed by atoms with Crippen molar-refractivity contribution < 1.29 is 38.2 Å². The normalized spacial score (nSPS) is 30.7. The van der Waals surface area contributed by atoms with Crippen LogP contribution in [0, 0.1) is 11.8 Å². The molecule has 3 aliphatic heterocycles. The first-order chi connectivity index (χ1) is 14.5. The molecule has 162 valence electrons. The number of Topliss-reactive ketones (excluding diaryl/α,β-unsaturated/α-hetero) is 1. The molecule has 9 heteroatoms. The molecule has 0 unspecified atom stereocenters. The second kappa shape index (κ2) is 6.84. The molecule has 3 aliphatic rings. The smallest absolute Gasteiger partial charge is 0.305 e. The molecule has 4 rings (SSSR count). The van der Waals surface area contributed by atoms with E-state index in [1.54, 1.807) is 31.2 Å². The highest BCUT2D eigenvalue weighted by Crippen LogP contribution is 2.59. The van der Waals surface area contributed by atoms with Gasteiger partial charge in [0.2, 0.25) is 11.8 Å². The van der Waals surface area contributed by atoms with Crippen LogP contribution in [0.3, 0.4) is 0 Å². The predicted molar refractivity (Wildman–Crippen MR) is 105 cm³/mol. The van der Waals surface area contributed by atoms with Gasteiger partial charge in [0, 0.05) is 19.4 Å². The van der Waals surface area contributed by atoms with E-state index in [0.717, 1.165) is 18.7 Å². The maximum atomic E-state index is 13.5. The van der Waals surface area contributed by atoms with Gasteiger partial charge in [-0.1, -0.05) is 18.2 Å². The van der Waals surface area contributed by atoms with E-state index in [-0.39, 0.29) is 11.5 Å². The number of carbonyl (C=O) groups is 5. The number of nitrogens with zero attached hydrogens (tertiary/aromatic N) is 1. The number of imide groups is 1. The van der Waals surface area contributed by atoms with Gasteiger partial charge in [-0.05, 0) is 32.1 Å². The van der Waals surface area contributed by atoms with Crippen molar-refractivity contribution in [3.63, 3.8) is 0 Å². The molecule has 2 saturated heterocycles. The summed E-state index contributed by atoms with van der Waals surface area (Å²) in [5, 5.41) is 0. The lowest BCUT2D eigenvalue weighted by atomic mass is 9.72. The minimum absolute atomic E-state index is 0.209. The molecule has 0 aliphatic carbocycles. The largest absolute Gasteiger partial charge is 0.422 e. The Morgan fingerprint density at radius 2 is 1.61 bits per heavy atom. The van der Waals surface area contributed by atoms with Crippen molar-refractivity contribution in [3.05, 3.63) is 42.0 Å². The summed E-state index contributed by atoms with van der Waals surface area (Å²) in [7, 11) is 0. The standard InChI is InChI=1S/C22H21NO8/c1-11(24)14-6-5-7-15(10-14)23-18(27)16-17(19(23)28)22(9-8-21(16,4)31-22)20(29-12(2)25)30-13(3)26/h5-10,16-17,20H,1-4H3/t16-,17-,21-,22-/m0/s1. The van der Waals surface area contributed by atoms with Crippen LogP contribution in [0.25, 0.3) is 0 Å². The van der Waals surface area contributed by atoms with Gasteiger partial charge in [0.1, 0.15) is 0 Å². The molecule has 4 atom stereocenters. The molecule has 2 amide bonds. The SMILES string of the molecule is CC(=O)OC(OC(C)=O)[C@@]12C=C[C@](C)(O1)[C@@H]1C(=O)N(c3cccc(C(C)=O)c3)C(=O)[C@H]12. The number of carbonyl (C=O) groups excluding carboxylic acids is 5. The summed E-state index contributed by atoms with van der Waals surface area (Å²) in [5.74, 6) is -4.78. The lowest BCUT2D eigenvalue weighted by Crippen LogP contribution is -2.52. The van der Waals surface area contributed by atoms with Gasteiger partial charge in [-0.15, -0.1) is 0 Å². The molecule has 31 heavy (non-hydrogen) atoms. The third-order valence-corrected chi connectivity index (χ3v) is 5.91. The molecule has 0 aromatic heterocycles. The number of esters is 2. The molecule has 9 nitrogen and oxygen atoms in total. The number of benzene rings is 1. The number of hydrogen-bond acceptors (Lipinski definition) is 8. The Bertz CT molecular complexity index is 1050. The first-order valence-electron chi connectivity index (χ1n) is 9.74. The summed E-state index contributed by atoms with van der Waals surface area (Å²) in [4.78, 5) is 63.0. The van der Waals surface area contributed by atoms with Crippen molar-refractivity contribution >= 4 is 35.2 Å². The predicted octanol–water partition coefficient (Wildman–Crippen LogP) is 1.54. The van der Waals surface area contributed by atoms with Gasteiger partial charge >= 0.3 is 11.9 Å². The zero-order valence-electron chi connectivity index (χ0n) is 17.4. The van der Waals surface area contributed by atoms with E-state index in [1.165, 1.54) is 19.1 Å². The summed E-state index contributed by atoms with van der Waals surface area (Å²) < 4.78 is 16.5. The fourth-order valence-corrected chi connectivity index (χ4v) is 4.68. The molecule has 0 N–H and O–H groups in total. The monoisotopic (exact) mass is 427 g/mol. The average molecular weight is 427 g/mol. The molecule has 0 saturated carbocycles. The minimum Gasteiger partial charge on any atom is -0.422 e. The van der Waals surface area contributed by atoms with Gasteiger partial charge in [-0.25, -0.2) is 4.90 Å². The van der Waals surface area contributed by atoms with Crippen molar-refractivity contribution in [2.75, 3.05) is 4.90 Å². The van der Waals surface area contributed by atoms with Crippen LogP contribution in [0.2, 0.25) is 0 Å². The molecular weight excluding hydrogens is 406 g/mol. The fourth-order valence-electron chi connectivity index (χ4n) is 4.68. The second-order valence-corrected chi connectivity index (χ2v) is 8.10. The first-order valence-corrected chi connectivity index (χ1v) is 9.74. The Morgan fingerprint density at radius 1 is 1.00 bits per heavy atom. The third-order valence-electron chi connectivity index (χ3n) is 5.91. The van der Waals surface area contributed by atoms with Crippen LogP contribution in [0.4, 0.5) is 5.69 Å². The highest BCUT2D eigenvalue weighted by Gasteiger charge is 2.75. The fraction of sp³-hybridized carbons (Fsp3) is 0.409. The molecule has 2 bridgehead atoms. The number of rotatable bonds is 5. The number of fused-ring (bicyclic) bond motifs is 5. The molecular formula is C22H21NO8. The Hall–Kier alpha value is -3.33. The Kier molecular flexibility index (Phi) is 4.62. The molecule has 3 heterocycles. The number of ether oxygens (including phenoxy) is 3. The number of ketones is 1. The first kappa shape index (κ1) is 20.9. The molecule has 1 aromatic carbocycles. The summed E-state index contributed by atoms with van der Waals surface area (Å²) >= 11 is 0. The van der Waals surface area contributed by atoms with Crippen LogP contribution in [0.5, 0.6) is 0 Å². The maximum absolute atomic E-state index is 13.5. The maximum Gasteiger partial charge on any atom is 0.305 e. The van der Waals surface area contributed by atoms with E-state index < -0.39 is 53.1 Å². The Labute approximate surface area is 177 Å². The molecule has 0 spiro atoms. The lowest BCUT2D eigenvalue weighted by molar-refractivity contribution is -0.231. The summed E-state index contributed by atoms with van der Waals surface area (Å²) in [6, 6.07) is 6.21. The van der Waals surface area contributed by atoms with Gasteiger partial charge in [-0.3, -0.25) is 24.0 Å². The summed E-state index contributed by atoms with van der Waals surface area (Å²) in [6.45, 7) is 5.31. The van der Waals surface area contributed by atoms with Crippen LogP contribution >= 0.6 is 0 Å². The van der Waals surface area contributed by atoms with Gasteiger partial charge < -0.3 is 14.2 Å². The van der Waals surface area contributed by atoms with Crippen LogP contribution < -0.4 is 4.90 Å². The second-order valence-electron chi connectivity index (χ2n) is 8.10.